The summed E-state index contributed by atoms with van der Waals surface area (Å²) >= 11 is 5.10. The number of ether oxygens (including phenoxy) is 2. The number of nitrogens with one attached hydrogen (secondary N) is 4. The molecule has 3 aromatic rings. The molecule has 3 rings (SSSR count). The fourth-order valence-corrected chi connectivity index (χ4v) is 3.32. The largest absolute Gasteiger partial charge is 0.491 e. The molecule has 0 fully saturated rings. The quantitative estimate of drug-likeness (QED) is 0.193. The Bertz CT molecular complexity index is 1260. The van der Waals surface area contributed by atoms with Crippen molar-refractivity contribution in [2.75, 3.05) is 25.1 Å². The van der Waals surface area contributed by atoms with E-state index in [0.29, 0.717) is 47.9 Å². The zero-order valence-electron chi connectivity index (χ0n) is 20.5. The number of carbonyl (C=O) groups is 3. The fraction of sp³-hybridized carbons (Fsp3) is 0.185. The summed E-state index contributed by atoms with van der Waals surface area (Å²) in [4.78, 5) is 37.3. The maximum absolute atomic E-state index is 12.5. The predicted molar refractivity (Wildman–Crippen MR) is 145 cm³/mol. The van der Waals surface area contributed by atoms with E-state index in [-0.39, 0.29) is 11.0 Å². The van der Waals surface area contributed by atoms with Crippen molar-refractivity contribution in [1.29, 1.82) is 0 Å². The highest BCUT2D eigenvalue weighted by atomic mass is 32.1. The normalized spacial score (nSPS) is 10.2. The van der Waals surface area contributed by atoms with Crippen molar-refractivity contribution in [1.82, 2.24) is 16.2 Å². The summed E-state index contributed by atoms with van der Waals surface area (Å²) in [6.07, 6.45) is 0. The number of hydrogen-bond acceptors (Lipinski definition) is 6. The van der Waals surface area contributed by atoms with Crippen LogP contribution < -0.4 is 26.2 Å². The lowest BCUT2D eigenvalue weighted by atomic mass is 10.1. The van der Waals surface area contributed by atoms with Crippen LogP contribution in [0.15, 0.2) is 72.8 Å². The Morgan fingerprint density at radius 1 is 0.784 bits per heavy atom. The lowest BCUT2D eigenvalue weighted by Gasteiger charge is -2.12. The topological polar surface area (TPSA) is 118 Å². The molecule has 0 bridgehead atoms. The Morgan fingerprint density at radius 3 is 2.19 bits per heavy atom. The number of anilines is 1. The van der Waals surface area contributed by atoms with Gasteiger partial charge < -0.3 is 14.8 Å². The number of carbonyl (C=O) groups excluding carboxylic acids is 3. The van der Waals surface area contributed by atoms with Gasteiger partial charge in [-0.2, -0.15) is 0 Å². The van der Waals surface area contributed by atoms with Crippen molar-refractivity contribution in [3.05, 3.63) is 95.1 Å². The van der Waals surface area contributed by atoms with Gasteiger partial charge in [-0.05, 0) is 80.7 Å². The minimum Gasteiger partial charge on any atom is -0.491 e. The lowest BCUT2D eigenvalue weighted by Crippen LogP contribution is -2.48. The molecule has 0 aliphatic heterocycles. The van der Waals surface area contributed by atoms with E-state index in [4.69, 9.17) is 21.7 Å². The molecule has 10 heteroatoms. The molecule has 4 N–H and O–H groups in total. The van der Waals surface area contributed by atoms with Crippen LogP contribution in [-0.2, 0) is 4.74 Å². The molecule has 3 aromatic carbocycles. The van der Waals surface area contributed by atoms with E-state index in [2.05, 4.69) is 21.5 Å². The maximum Gasteiger partial charge on any atom is 0.269 e. The molecule has 0 heterocycles. The van der Waals surface area contributed by atoms with Crippen LogP contribution in [0.1, 0.15) is 43.6 Å². The van der Waals surface area contributed by atoms with Crippen LogP contribution in [0.4, 0.5) is 5.69 Å². The van der Waals surface area contributed by atoms with Gasteiger partial charge in [0.05, 0.1) is 6.61 Å². The molecule has 0 saturated carbocycles. The molecule has 0 aliphatic carbocycles. The molecule has 0 saturated heterocycles. The van der Waals surface area contributed by atoms with Crippen LogP contribution in [0.25, 0.3) is 0 Å². The minimum absolute atomic E-state index is 0.0805. The van der Waals surface area contributed by atoms with Gasteiger partial charge in [0.15, 0.2) is 5.11 Å². The van der Waals surface area contributed by atoms with E-state index in [1.165, 1.54) is 0 Å². The number of aryl methyl sites for hydroxylation is 1. The fourth-order valence-electron chi connectivity index (χ4n) is 3.18. The summed E-state index contributed by atoms with van der Waals surface area (Å²) in [5, 5.41) is 5.21. The monoisotopic (exact) mass is 520 g/mol. The number of amides is 3. The molecule has 0 aromatic heterocycles. The van der Waals surface area contributed by atoms with Crippen molar-refractivity contribution < 1.29 is 23.9 Å². The molecule has 0 radical (unpaired) electrons. The molecule has 37 heavy (non-hydrogen) atoms. The molecular weight excluding hydrogens is 492 g/mol. The molecule has 0 spiro atoms. The zero-order chi connectivity index (χ0) is 26.6. The first-order chi connectivity index (χ1) is 17.9. The summed E-state index contributed by atoms with van der Waals surface area (Å²) in [5.74, 6) is -0.655. The highest BCUT2D eigenvalue weighted by Crippen LogP contribution is 2.14. The number of hydrazine groups is 1. The molecule has 3 amide bonds. The number of rotatable bonds is 9. The van der Waals surface area contributed by atoms with Gasteiger partial charge in [0.2, 0.25) is 0 Å². The van der Waals surface area contributed by atoms with E-state index < -0.39 is 11.8 Å². The Balaban J connectivity index is 1.46. The summed E-state index contributed by atoms with van der Waals surface area (Å²) in [5.41, 5.74) is 7.67. The Kier molecular flexibility index (Phi) is 10.1. The third-order valence-electron chi connectivity index (χ3n) is 5.00. The van der Waals surface area contributed by atoms with Crippen LogP contribution in [0.5, 0.6) is 5.75 Å². The van der Waals surface area contributed by atoms with Gasteiger partial charge in [-0.15, -0.1) is 0 Å². The highest BCUT2D eigenvalue weighted by molar-refractivity contribution is 7.80. The Hall–Kier alpha value is -4.28. The first-order valence-electron chi connectivity index (χ1n) is 11.6. The Morgan fingerprint density at radius 2 is 1.49 bits per heavy atom. The first kappa shape index (κ1) is 27.3. The van der Waals surface area contributed by atoms with Gasteiger partial charge in [-0.25, -0.2) is 0 Å². The summed E-state index contributed by atoms with van der Waals surface area (Å²) in [6, 6.07) is 20.2. The second kappa shape index (κ2) is 13.7. The third-order valence-corrected chi connectivity index (χ3v) is 5.20. The maximum atomic E-state index is 12.5. The van der Waals surface area contributed by atoms with Gasteiger partial charge in [-0.1, -0.05) is 23.8 Å². The second-order valence-electron chi connectivity index (χ2n) is 7.84. The zero-order valence-corrected chi connectivity index (χ0v) is 21.3. The molecule has 192 valence electrons. The SMILES string of the molecule is CCOCCOc1cccc(C(=O)NC(=S)NNC(=O)c2ccc(NC(=O)c3cccc(C)c3)cc2)c1. The molecule has 0 unspecified atom stereocenters. The molecule has 0 atom stereocenters. The minimum atomic E-state index is -0.474. The van der Waals surface area contributed by atoms with Crippen LogP contribution in [0.3, 0.4) is 0 Å². The summed E-state index contributed by atoms with van der Waals surface area (Å²) < 4.78 is 10.8. The van der Waals surface area contributed by atoms with E-state index >= 15 is 0 Å². The second-order valence-corrected chi connectivity index (χ2v) is 8.24. The average molecular weight is 521 g/mol. The van der Waals surface area contributed by atoms with E-state index in [1.807, 2.05) is 26.0 Å². The van der Waals surface area contributed by atoms with Crippen LogP contribution in [0.2, 0.25) is 0 Å². The number of hydrogen-bond donors (Lipinski definition) is 4. The lowest BCUT2D eigenvalue weighted by molar-refractivity contribution is 0.0934. The van der Waals surface area contributed by atoms with Crippen molar-refractivity contribution in [3.63, 3.8) is 0 Å². The van der Waals surface area contributed by atoms with Crippen LogP contribution >= 0.6 is 12.2 Å². The van der Waals surface area contributed by atoms with E-state index in [1.54, 1.807) is 60.7 Å². The van der Waals surface area contributed by atoms with Crippen molar-refractivity contribution in [2.45, 2.75) is 13.8 Å². The molecular formula is C27H28N4O5S. The highest BCUT2D eigenvalue weighted by Gasteiger charge is 2.11. The first-order valence-corrected chi connectivity index (χ1v) is 12.0. The van der Waals surface area contributed by atoms with Gasteiger partial charge in [0.25, 0.3) is 17.7 Å². The van der Waals surface area contributed by atoms with Crippen LogP contribution in [0, 0.1) is 6.92 Å². The summed E-state index contributed by atoms with van der Waals surface area (Å²) in [7, 11) is 0. The van der Waals surface area contributed by atoms with E-state index in [9.17, 15) is 14.4 Å². The van der Waals surface area contributed by atoms with Crippen LogP contribution in [-0.4, -0.2) is 42.7 Å². The Labute approximate surface area is 220 Å². The van der Waals surface area contributed by atoms with Crippen molar-refractivity contribution in [2.24, 2.45) is 0 Å². The van der Waals surface area contributed by atoms with Crippen molar-refractivity contribution >= 4 is 40.7 Å². The third kappa shape index (κ3) is 8.71. The molecule has 0 aliphatic rings. The predicted octanol–water partition coefficient (Wildman–Crippen LogP) is 3.61. The van der Waals surface area contributed by atoms with Gasteiger partial charge in [-0.3, -0.25) is 30.6 Å². The van der Waals surface area contributed by atoms with Gasteiger partial charge >= 0.3 is 0 Å². The van der Waals surface area contributed by atoms with Gasteiger partial charge in [0.1, 0.15) is 12.4 Å². The van der Waals surface area contributed by atoms with E-state index in [0.717, 1.165) is 5.56 Å². The summed E-state index contributed by atoms with van der Waals surface area (Å²) in [6.45, 7) is 5.23. The smallest absolute Gasteiger partial charge is 0.269 e. The average Bonchev–Trinajstić information content (AvgIpc) is 2.90. The van der Waals surface area contributed by atoms with Gasteiger partial charge in [0, 0.05) is 29.0 Å². The van der Waals surface area contributed by atoms with Crippen molar-refractivity contribution in [3.8, 4) is 5.75 Å². The molecule has 9 nitrogen and oxygen atoms in total. The number of benzene rings is 3. The standard InChI is InChI=1S/C27H28N4O5S/c1-3-35-14-15-36-23-9-5-8-21(17-23)25(33)29-27(37)31-30-26(34)19-10-12-22(13-11-19)28-24(32)20-7-4-6-18(2)16-20/h4-13,16-17H,3,14-15H2,1-2H3,(H,28,32)(H,30,34)(H2,29,31,33,37). The number of thiocarbonyl (C=S) groups is 1.